The second-order valence-corrected chi connectivity index (χ2v) is 7.33. The van der Waals surface area contributed by atoms with Crippen molar-refractivity contribution < 1.29 is 0 Å². The van der Waals surface area contributed by atoms with Crippen molar-refractivity contribution in [1.82, 2.24) is 9.88 Å². The summed E-state index contributed by atoms with van der Waals surface area (Å²) >= 11 is 1.59. The minimum atomic E-state index is -0.0522. The molecule has 3 N–H and O–H groups in total. The predicted molar refractivity (Wildman–Crippen MR) is 81.2 cm³/mol. The van der Waals surface area contributed by atoms with Crippen LogP contribution in [0.5, 0.6) is 0 Å². The number of amidine groups is 1. The number of nitrogens with zero attached hydrogens (tertiary/aromatic N) is 2. The first-order valence-corrected chi connectivity index (χ1v) is 7.76. The van der Waals surface area contributed by atoms with Crippen molar-refractivity contribution in [2.24, 2.45) is 5.73 Å². The normalized spacial score (nSPS) is 17.0. The third-order valence-electron chi connectivity index (χ3n) is 3.47. The van der Waals surface area contributed by atoms with E-state index in [2.05, 4.69) is 25.7 Å². The Bertz CT molecular complexity index is 453. The lowest BCUT2D eigenvalue weighted by atomic mass is 9.91. The molecule has 1 aliphatic heterocycles. The maximum absolute atomic E-state index is 7.71. The van der Waals surface area contributed by atoms with Crippen molar-refractivity contribution in [3.05, 3.63) is 15.6 Å². The summed E-state index contributed by atoms with van der Waals surface area (Å²) < 4.78 is 0. The fraction of sp³-hybridized carbons (Fsp3) is 0.714. The van der Waals surface area contributed by atoms with Crippen LogP contribution >= 0.6 is 11.3 Å². The van der Waals surface area contributed by atoms with Crippen LogP contribution in [0.2, 0.25) is 0 Å². The molecular formula is C14H24N4S. The maximum atomic E-state index is 7.71. The fourth-order valence-electron chi connectivity index (χ4n) is 2.42. The Balaban J connectivity index is 2.11. The lowest BCUT2D eigenvalue weighted by Gasteiger charge is -2.17. The highest BCUT2D eigenvalue weighted by Gasteiger charge is 2.24. The molecule has 2 rings (SSSR count). The van der Waals surface area contributed by atoms with Crippen LogP contribution in [0.25, 0.3) is 0 Å². The van der Waals surface area contributed by atoms with Crippen molar-refractivity contribution >= 4 is 17.2 Å². The molecule has 1 aromatic rings. The average Bonchev–Trinajstić information content (AvgIpc) is 2.94. The maximum Gasteiger partial charge on any atom is 0.135 e. The van der Waals surface area contributed by atoms with Crippen LogP contribution in [0.1, 0.15) is 49.2 Å². The second kappa shape index (κ2) is 5.59. The standard InChI is InChI=1S/C14H24N4S/c1-14(2,3)12-11(13(15)16)19-10(17-12)6-9-18-7-4-5-8-18/h4-9H2,1-3H3,(H3,15,16). The van der Waals surface area contributed by atoms with Crippen LogP contribution in [0.3, 0.4) is 0 Å². The van der Waals surface area contributed by atoms with Gasteiger partial charge in [-0.1, -0.05) is 20.8 Å². The fourth-order valence-corrected chi connectivity index (χ4v) is 3.55. The molecule has 0 bridgehead atoms. The zero-order chi connectivity index (χ0) is 14.0. The van der Waals surface area contributed by atoms with Crippen LogP contribution in [0, 0.1) is 5.41 Å². The lowest BCUT2D eigenvalue weighted by molar-refractivity contribution is 0.343. The predicted octanol–water partition coefficient (Wildman–Crippen LogP) is 2.36. The van der Waals surface area contributed by atoms with Gasteiger partial charge in [-0.3, -0.25) is 5.41 Å². The Morgan fingerprint density at radius 3 is 2.47 bits per heavy atom. The van der Waals surface area contributed by atoms with E-state index in [4.69, 9.17) is 16.1 Å². The number of nitrogens with two attached hydrogens (primary N) is 1. The topological polar surface area (TPSA) is 66.0 Å². The summed E-state index contributed by atoms with van der Waals surface area (Å²) in [7, 11) is 0. The highest BCUT2D eigenvalue weighted by molar-refractivity contribution is 7.13. The van der Waals surface area contributed by atoms with E-state index in [1.807, 2.05) is 0 Å². The van der Waals surface area contributed by atoms with Crippen LogP contribution in [-0.4, -0.2) is 35.4 Å². The number of likely N-dealkylation sites (tertiary alicyclic amines) is 1. The molecule has 0 atom stereocenters. The van der Waals surface area contributed by atoms with Crippen LogP contribution in [0.15, 0.2) is 0 Å². The molecule has 0 amide bonds. The van der Waals surface area contributed by atoms with E-state index in [0.29, 0.717) is 0 Å². The lowest BCUT2D eigenvalue weighted by Crippen LogP contribution is -2.22. The van der Waals surface area contributed by atoms with Gasteiger partial charge in [0.2, 0.25) is 0 Å². The number of thiazole rings is 1. The number of hydrogen-bond donors (Lipinski definition) is 2. The summed E-state index contributed by atoms with van der Waals surface area (Å²) in [4.78, 5) is 8.08. The molecule has 4 nitrogen and oxygen atoms in total. The van der Waals surface area contributed by atoms with Gasteiger partial charge in [-0.15, -0.1) is 11.3 Å². The quantitative estimate of drug-likeness (QED) is 0.657. The van der Waals surface area contributed by atoms with Gasteiger partial charge in [0.05, 0.1) is 15.6 Å². The number of hydrogen-bond acceptors (Lipinski definition) is 4. The van der Waals surface area contributed by atoms with Crippen molar-refractivity contribution in [3.8, 4) is 0 Å². The molecule has 5 heteroatoms. The molecule has 0 spiro atoms. The Kier molecular flexibility index (Phi) is 4.26. The second-order valence-electron chi connectivity index (χ2n) is 6.25. The number of aromatic nitrogens is 1. The van der Waals surface area contributed by atoms with E-state index < -0.39 is 0 Å². The van der Waals surface area contributed by atoms with Gasteiger partial charge in [-0.05, 0) is 25.9 Å². The van der Waals surface area contributed by atoms with Crippen molar-refractivity contribution in [3.63, 3.8) is 0 Å². The largest absolute Gasteiger partial charge is 0.383 e. The molecule has 2 heterocycles. The average molecular weight is 280 g/mol. The smallest absolute Gasteiger partial charge is 0.135 e. The highest BCUT2D eigenvalue weighted by Crippen LogP contribution is 2.29. The number of nitrogen functional groups attached to an aromatic ring is 1. The molecule has 0 radical (unpaired) electrons. The molecule has 106 valence electrons. The third kappa shape index (κ3) is 3.54. The summed E-state index contributed by atoms with van der Waals surface area (Å²) in [5, 5.41) is 8.82. The van der Waals surface area contributed by atoms with Gasteiger partial charge in [0.1, 0.15) is 5.84 Å². The molecule has 0 unspecified atom stereocenters. The minimum Gasteiger partial charge on any atom is -0.383 e. The summed E-state index contributed by atoms with van der Waals surface area (Å²) in [6.07, 6.45) is 3.62. The zero-order valence-corrected chi connectivity index (χ0v) is 12.9. The summed E-state index contributed by atoms with van der Waals surface area (Å²) in [6, 6.07) is 0. The van der Waals surface area contributed by atoms with Crippen molar-refractivity contribution in [1.29, 1.82) is 5.41 Å². The van der Waals surface area contributed by atoms with Crippen LogP contribution in [0.4, 0.5) is 0 Å². The molecule has 1 aromatic heterocycles. The van der Waals surface area contributed by atoms with E-state index in [1.54, 1.807) is 11.3 Å². The SMILES string of the molecule is CC(C)(C)c1nc(CCN2CCCC2)sc1C(=N)N. The van der Waals surface area contributed by atoms with E-state index >= 15 is 0 Å². The van der Waals surface area contributed by atoms with Gasteiger partial charge >= 0.3 is 0 Å². The third-order valence-corrected chi connectivity index (χ3v) is 4.62. The van der Waals surface area contributed by atoms with Crippen molar-refractivity contribution in [2.75, 3.05) is 19.6 Å². The Labute approximate surface area is 119 Å². The van der Waals surface area contributed by atoms with Crippen LogP contribution in [-0.2, 0) is 11.8 Å². The van der Waals surface area contributed by atoms with E-state index in [9.17, 15) is 0 Å². The van der Waals surface area contributed by atoms with E-state index in [0.717, 1.165) is 28.5 Å². The molecule has 0 aliphatic carbocycles. The Morgan fingerprint density at radius 2 is 2.00 bits per heavy atom. The van der Waals surface area contributed by atoms with E-state index in [-0.39, 0.29) is 11.3 Å². The summed E-state index contributed by atoms with van der Waals surface area (Å²) in [6.45, 7) is 9.89. The van der Waals surface area contributed by atoms with Gasteiger partial charge < -0.3 is 10.6 Å². The monoisotopic (exact) mass is 280 g/mol. The Morgan fingerprint density at radius 1 is 1.37 bits per heavy atom. The molecule has 1 fully saturated rings. The highest BCUT2D eigenvalue weighted by atomic mass is 32.1. The van der Waals surface area contributed by atoms with Gasteiger partial charge in [0, 0.05) is 18.4 Å². The molecule has 19 heavy (non-hydrogen) atoms. The van der Waals surface area contributed by atoms with Gasteiger partial charge in [-0.25, -0.2) is 4.98 Å². The first kappa shape index (κ1) is 14.5. The van der Waals surface area contributed by atoms with Gasteiger partial charge in [-0.2, -0.15) is 0 Å². The first-order chi connectivity index (χ1) is 8.88. The van der Waals surface area contributed by atoms with Gasteiger partial charge in [0.15, 0.2) is 0 Å². The minimum absolute atomic E-state index is 0.0522. The van der Waals surface area contributed by atoms with Gasteiger partial charge in [0.25, 0.3) is 0 Å². The van der Waals surface area contributed by atoms with E-state index in [1.165, 1.54) is 25.9 Å². The molecule has 0 saturated carbocycles. The number of nitrogens with one attached hydrogen (secondary N) is 1. The van der Waals surface area contributed by atoms with Crippen molar-refractivity contribution in [2.45, 2.75) is 45.4 Å². The molecule has 0 aromatic carbocycles. The molecule has 1 saturated heterocycles. The Hall–Kier alpha value is -0.940. The summed E-state index contributed by atoms with van der Waals surface area (Å²) in [5.74, 6) is 0.148. The molecular weight excluding hydrogens is 256 g/mol. The zero-order valence-electron chi connectivity index (χ0n) is 12.1. The summed E-state index contributed by atoms with van der Waals surface area (Å²) in [5.41, 5.74) is 6.61. The number of rotatable bonds is 4. The van der Waals surface area contributed by atoms with Crippen LogP contribution < -0.4 is 5.73 Å². The molecule has 1 aliphatic rings. The first-order valence-electron chi connectivity index (χ1n) is 6.95.